The molecule has 1 aliphatic heterocycles. The van der Waals surface area contributed by atoms with Crippen LogP contribution < -0.4 is 0 Å². The molecule has 0 unspecified atom stereocenters. The summed E-state index contributed by atoms with van der Waals surface area (Å²) in [6.45, 7) is 5.37. The zero-order chi connectivity index (χ0) is 12.0. The van der Waals surface area contributed by atoms with Crippen LogP contribution in [-0.4, -0.2) is 32.1 Å². The van der Waals surface area contributed by atoms with Crippen molar-refractivity contribution in [3.63, 3.8) is 0 Å². The Balaban J connectivity index is 2.04. The van der Waals surface area contributed by atoms with Crippen molar-refractivity contribution in [3.05, 3.63) is 0 Å². The average Bonchev–Trinajstić information content (AvgIpc) is 2.26. The van der Waals surface area contributed by atoms with E-state index < -0.39 is 5.79 Å². The van der Waals surface area contributed by atoms with Gasteiger partial charge in [-0.25, -0.2) is 0 Å². The molecule has 0 N–H and O–H groups in total. The Hall–Kier alpha value is -0.610. The van der Waals surface area contributed by atoms with Crippen molar-refractivity contribution in [3.8, 4) is 0 Å². The first kappa shape index (κ1) is 13.5. The van der Waals surface area contributed by atoms with Crippen LogP contribution in [0.4, 0.5) is 0 Å². The maximum Gasteiger partial charge on any atom is 0.305 e. The van der Waals surface area contributed by atoms with Crippen LogP contribution in [0.3, 0.4) is 0 Å². The Morgan fingerprint density at radius 3 is 2.50 bits per heavy atom. The monoisotopic (exact) mass is 230 g/mol. The van der Waals surface area contributed by atoms with Crippen LogP contribution >= 0.6 is 0 Å². The molecule has 0 spiro atoms. The van der Waals surface area contributed by atoms with E-state index >= 15 is 0 Å². The summed E-state index contributed by atoms with van der Waals surface area (Å²) in [7, 11) is 1.42. The van der Waals surface area contributed by atoms with Crippen molar-refractivity contribution >= 4 is 5.97 Å². The Labute approximate surface area is 97.2 Å². The van der Waals surface area contributed by atoms with E-state index in [0.29, 0.717) is 12.3 Å². The lowest BCUT2D eigenvalue weighted by molar-refractivity contribution is -0.262. The number of carbonyl (C=O) groups is 1. The van der Waals surface area contributed by atoms with E-state index in [1.54, 1.807) is 0 Å². The first-order valence-electron chi connectivity index (χ1n) is 5.88. The highest BCUT2D eigenvalue weighted by molar-refractivity contribution is 5.68. The van der Waals surface area contributed by atoms with Gasteiger partial charge < -0.3 is 14.2 Å². The first-order chi connectivity index (χ1) is 7.53. The van der Waals surface area contributed by atoms with Crippen LogP contribution in [0.15, 0.2) is 0 Å². The number of ether oxygens (including phenoxy) is 3. The molecule has 4 nitrogen and oxygen atoms in total. The van der Waals surface area contributed by atoms with Crippen molar-refractivity contribution in [2.45, 2.75) is 45.3 Å². The summed E-state index contributed by atoms with van der Waals surface area (Å²) in [5, 5.41) is 0. The molecule has 0 atom stereocenters. The van der Waals surface area contributed by atoms with E-state index in [2.05, 4.69) is 4.74 Å². The molecular formula is C12H22O4. The van der Waals surface area contributed by atoms with Crippen molar-refractivity contribution in [2.75, 3.05) is 20.3 Å². The molecular weight excluding hydrogens is 208 g/mol. The highest BCUT2D eigenvalue weighted by Gasteiger charge is 2.27. The zero-order valence-corrected chi connectivity index (χ0v) is 10.5. The molecule has 0 aromatic heterocycles. The highest BCUT2D eigenvalue weighted by atomic mass is 16.7. The second-order valence-corrected chi connectivity index (χ2v) is 4.71. The maximum atomic E-state index is 10.9. The standard InChI is InChI=1S/C12H22O4/c1-12(2)15-8-10(9-16-12)6-4-5-7-11(13)14-3/h10H,4-9H2,1-3H3. The van der Waals surface area contributed by atoms with Gasteiger partial charge in [-0.05, 0) is 26.7 Å². The predicted octanol–water partition coefficient (Wildman–Crippen LogP) is 2.12. The van der Waals surface area contributed by atoms with Crippen molar-refractivity contribution in [2.24, 2.45) is 5.92 Å². The summed E-state index contributed by atoms with van der Waals surface area (Å²) in [6, 6.07) is 0. The molecule has 16 heavy (non-hydrogen) atoms. The summed E-state index contributed by atoms with van der Waals surface area (Å²) < 4.78 is 15.7. The smallest absolute Gasteiger partial charge is 0.305 e. The van der Waals surface area contributed by atoms with Crippen molar-refractivity contribution < 1.29 is 19.0 Å². The number of rotatable bonds is 5. The summed E-state index contributed by atoms with van der Waals surface area (Å²) in [6.07, 6.45) is 3.46. The van der Waals surface area contributed by atoms with Gasteiger partial charge in [-0.1, -0.05) is 6.42 Å². The molecule has 0 bridgehead atoms. The Bertz CT molecular complexity index is 215. The van der Waals surface area contributed by atoms with E-state index in [4.69, 9.17) is 9.47 Å². The average molecular weight is 230 g/mol. The molecule has 0 aliphatic carbocycles. The van der Waals surface area contributed by atoms with E-state index in [-0.39, 0.29) is 5.97 Å². The summed E-state index contributed by atoms with van der Waals surface area (Å²) >= 11 is 0. The van der Waals surface area contributed by atoms with Crippen LogP contribution in [0.2, 0.25) is 0 Å². The second-order valence-electron chi connectivity index (χ2n) is 4.71. The highest BCUT2D eigenvalue weighted by Crippen LogP contribution is 2.23. The van der Waals surface area contributed by atoms with Gasteiger partial charge in [0, 0.05) is 12.3 Å². The van der Waals surface area contributed by atoms with E-state index in [0.717, 1.165) is 32.5 Å². The molecule has 0 saturated carbocycles. The van der Waals surface area contributed by atoms with Crippen molar-refractivity contribution in [1.82, 2.24) is 0 Å². The third kappa shape index (κ3) is 4.94. The molecule has 0 aromatic carbocycles. The van der Waals surface area contributed by atoms with E-state index in [1.807, 2.05) is 13.8 Å². The van der Waals surface area contributed by atoms with Crippen LogP contribution in [0.1, 0.15) is 39.5 Å². The van der Waals surface area contributed by atoms with Gasteiger partial charge >= 0.3 is 5.97 Å². The molecule has 94 valence electrons. The minimum Gasteiger partial charge on any atom is -0.469 e. The van der Waals surface area contributed by atoms with Gasteiger partial charge in [0.05, 0.1) is 20.3 Å². The third-order valence-electron chi connectivity index (χ3n) is 2.80. The largest absolute Gasteiger partial charge is 0.469 e. The fourth-order valence-corrected chi connectivity index (χ4v) is 1.70. The first-order valence-corrected chi connectivity index (χ1v) is 5.88. The molecule has 4 heteroatoms. The predicted molar refractivity (Wildman–Crippen MR) is 60.0 cm³/mol. The topological polar surface area (TPSA) is 44.8 Å². The number of unbranched alkanes of at least 4 members (excludes halogenated alkanes) is 1. The summed E-state index contributed by atoms with van der Waals surface area (Å²) in [5.41, 5.74) is 0. The molecule has 1 saturated heterocycles. The number of carbonyl (C=O) groups excluding carboxylic acids is 1. The zero-order valence-electron chi connectivity index (χ0n) is 10.5. The molecule has 1 fully saturated rings. The van der Waals surface area contributed by atoms with Crippen molar-refractivity contribution in [1.29, 1.82) is 0 Å². The lowest BCUT2D eigenvalue weighted by atomic mass is 10.0. The number of hydrogen-bond donors (Lipinski definition) is 0. The quantitative estimate of drug-likeness (QED) is 0.536. The Kier molecular flexibility index (Phi) is 5.22. The van der Waals surface area contributed by atoms with Crippen LogP contribution in [0.25, 0.3) is 0 Å². The maximum absolute atomic E-state index is 10.9. The van der Waals surface area contributed by atoms with Gasteiger partial charge in [0.15, 0.2) is 5.79 Å². The second kappa shape index (κ2) is 6.21. The van der Waals surface area contributed by atoms with Crippen LogP contribution in [0, 0.1) is 5.92 Å². The minimum absolute atomic E-state index is 0.128. The fraction of sp³-hybridized carbons (Fsp3) is 0.917. The van der Waals surface area contributed by atoms with Crippen LogP contribution in [-0.2, 0) is 19.0 Å². The number of methoxy groups -OCH3 is 1. The normalized spacial score (nSPS) is 20.7. The van der Waals surface area contributed by atoms with Gasteiger partial charge in [-0.3, -0.25) is 4.79 Å². The van der Waals surface area contributed by atoms with E-state index in [9.17, 15) is 4.79 Å². The SMILES string of the molecule is COC(=O)CCCCC1COC(C)(C)OC1. The fourth-order valence-electron chi connectivity index (χ4n) is 1.70. The lowest BCUT2D eigenvalue weighted by Gasteiger charge is -2.35. The number of esters is 1. The van der Waals surface area contributed by atoms with Gasteiger partial charge in [-0.15, -0.1) is 0 Å². The third-order valence-corrected chi connectivity index (χ3v) is 2.80. The van der Waals surface area contributed by atoms with E-state index in [1.165, 1.54) is 7.11 Å². The molecule has 0 aromatic rings. The molecule has 0 radical (unpaired) electrons. The van der Waals surface area contributed by atoms with Crippen LogP contribution in [0.5, 0.6) is 0 Å². The Morgan fingerprint density at radius 1 is 1.31 bits per heavy atom. The lowest BCUT2D eigenvalue weighted by Crippen LogP contribution is -2.39. The number of hydrogen-bond acceptors (Lipinski definition) is 4. The summed E-state index contributed by atoms with van der Waals surface area (Å²) in [5.74, 6) is -0.0920. The summed E-state index contributed by atoms with van der Waals surface area (Å²) in [4.78, 5) is 10.9. The Morgan fingerprint density at radius 2 is 1.94 bits per heavy atom. The van der Waals surface area contributed by atoms with Gasteiger partial charge in [0.2, 0.25) is 0 Å². The molecule has 0 amide bonds. The minimum atomic E-state index is -0.428. The van der Waals surface area contributed by atoms with Gasteiger partial charge in [-0.2, -0.15) is 0 Å². The van der Waals surface area contributed by atoms with Gasteiger partial charge in [0.25, 0.3) is 0 Å². The van der Waals surface area contributed by atoms with Gasteiger partial charge in [0.1, 0.15) is 0 Å². The molecule has 1 aliphatic rings. The molecule has 1 heterocycles. The molecule has 1 rings (SSSR count).